The van der Waals surface area contributed by atoms with Gasteiger partial charge in [-0.25, -0.2) is 0 Å². The predicted molar refractivity (Wildman–Crippen MR) is 87.1 cm³/mol. The number of nitrogens with one attached hydrogen (secondary N) is 1. The topological polar surface area (TPSA) is 55.1 Å². The first-order valence-electron chi connectivity index (χ1n) is 8.21. The summed E-state index contributed by atoms with van der Waals surface area (Å²) in [6.07, 6.45) is 6.23. The molecule has 2 rings (SSSR count). The molecule has 0 saturated carbocycles. The Morgan fingerprint density at radius 2 is 1.86 bits per heavy atom. The number of fused-ring (bicyclic) bond motifs is 1. The van der Waals surface area contributed by atoms with Crippen LogP contribution in [0.4, 0.5) is 0 Å². The summed E-state index contributed by atoms with van der Waals surface area (Å²) in [6, 6.07) is 6.63. The largest absolute Gasteiger partial charge is 0.348 e. The molecule has 1 aromatic rings. The third kappa shape index (κ3) is 3.46. The van der Waals surface area contributed by atoms with Gasteiger partial charge in [0.15, 0.2) is 0 Å². The van der Waals surface area contributed by atoms with E-state index in [1.807, 2.05) is 20.8 Å². The van der Waals surface area contributed by atoms with Gasteiger partial charge in [0, 0.05) is 0 Å². The summed E-state index contributed by atoms with van der Waals surface area (Å²) in [5.74, 6) is -0.0438. The second-order valence-corrected chi connectivity index (χ2v) is 6.29. The minimum Gasteiger partial charge on any atom is -0.348 e. The molecule has 1 amide bonds. The molecular weight excluding hydrogens is 260 g/mol. The summed E-state index contributed by atoms with van der Waals surface area (Å²) in [4.78, 5) is 12.4. The minimum atomic E-state index is -0.748. The van der Waals surface area contributed by atoms with Crippen LogP contribution in [0.2, 0.25) is 0 Å². The first-order chi connectivity index (χ1) is 10.00. The van der Waals surface area contributed by atoms with Crippen molar-refractivity contribution in [2.75, 3.05) is 0 Å². The Morgan fingerprint density at radius 3 is 2.48 bits per heavy atom. The van der Waals surface area contributed by atoms with Crippen LogP contribution in [0.25, 0.3) is 0 Å². The number of hydrogen-bond donors (Lipinski definition) is 2. The Balaban J connectivity index is 2.10. The zero-order valence-corrected chi connectivity index (χ0v) is 13.5. The van der Waals surface area contributed by atoms with E-state index in [0.29, 0.717) is 12.8 Å². The molecule has 1 unspecified atom stereocenters. The van der Waals surface area contributed by atoms with Gasteiger partial charge in [0.05, 0.1) is 11.6 Å². The summed E-state index contributed by atoms with van der Waals surface area (Å²) in [5.41, 5.74) is 9.52. The van der Waals surface area contributed by atoms with E-state index in [1.165, 1.54) is 36.0 Å². The van der Waals surface area contributed by atoms with Crippen LogP contribution < -0.4 is 11.1 Å². The van der Waals surface area contributed by atoms with Gasteiger partial charge < -0.3 is 11.1 Å². The molecular formula is C18H28N2O. The molecule has 21 heavy (non-hydrogen) atoms. The first kappa shape index (κ1) is 16.0. The van der Waals surface area contributed by atoms with Crippen molar-refractivity contribution in [1.29, 1.82) is 0 Å². The number of amides is 1. The lowest BCUT2D eigenvalue weighted by Crippen LogP contribution is -2.53. The van der Waals surface area contributed by atoms with E-state index in [1.54, 1.807) is 0 Å². The molecule has 1 aromatic carbocycles. The van der Waals surface area contributed by atoms with Crippen molar-refractivity contribution in [3.8, 4) is 0 Å². The van der Waals surface area contributed by atoms with E-state index < -0.39 is 5.54 Å². The number of hydrogen-bond acceptors (Lipinski definition) is 2. The van der Waals surface area contributed by atoms with Gasteiger partial charge in [-0.15, -0.1) is 0 Å². The molecule has 0 fully saturated rings. The second-order valence-electron chi connectivity index (χ2n) is 6.29. The maximum absolute atomic E-state index is 12.4. The highest BCUT2D eigenvalue weighted by molar-refractivity contribution is 5.86. The lowest BCUT2D eigenvalue weighted by Gasteiger charge is -2.28. The van der Waals surface area contributed by atoms with Crippen molar-refractivity contribution in [2.45, 2.75) is 70.9 Å². The number of carbonyl (C=O) groups is 1. The Morgan fingerprint density at radius 1 is 1.24 bits per heavy atom. The molecule has 0 aromatic heterocycles. The maximum Gasteiger partial charge on any atom is 0.240 e. The highest BCUT2D eigenvalue weighted by Crippen LogP contribution is 2.25. The van der Waals surface area contributed by atoms with Crippen molar-refractivity contribution < 1.29 is 4.79 Å². The van der Waals surface area contributed by atoms with E-state index in [2.05, 4.69) is 23.5 Å². The van der Waals surface area contributed by atoms with Gasteiger partial charge in [-0.1, -0.05) is 32.0 Å². The monoisotopic (exact) mass is 288 g/mol. The average Bonchev–Trinajstić information content (AvgIpc) is 2.53. The fraction of sp³-hybridized carbons (Fsp3) is 0.611. The number of carbonyl (C=O) groups excluding carboxylic acids is 1. The first-order valence-corrected chi connectivity index (χ1v) is 8.21. The third-order valence-electron chi connectivity index (χ3n) is 4.93. The highest BCUT2D eigenvalue weighted by atomic mass is 16.2. The fourth-order valence-electron chi connectivity index (χ4n) is 3.02. The summed E-state index contributed by atoms with van der Waals surface area (Å²) in [6.45, 7) is 5.97. The van der Waals surface area contributed by atoms with Crippen LogP contribution in [0.1, 0.15) is 69.2 Å². The molecule has 0 radical (unpaired) electrons. The molecule has 0 heterocycles. The van der Waals surface area contributed by atoms with Gasteiger partial charge in [-0.05, 0) is 62.1 Å². The summed E-state index contributed by atoms with van der Waals surface area (Å²) < 4.78 is 0. The van der Waals surface area contributed by atoms with Crippen LogP contribution in [0.5, 0.6) is 0 Å². The minimum absolute atomic E-state index is 0.00533. The molecule has 0 bridgehead atoms. The summed E-state index contributed by atoms with van der Waals surface area (Å²) in [7, 11) is 0. The van der Waals surface area contributed by atoms with Gasteiger partial charge in [0.2, 0.25) is 5.91 Å². The van der Waals surface area contributed by atoms with E-state index in [9.17, 15) is 4.79 Å². The standard InChI is InChI=1S/C18H28N2O/c1-4-18(19,5-2)17(21)20-13(3)15-11-10-14-8-6-7-9-16(14)12-15/h10-13H,4-9,19H2,1-3H3,(H,20,21). The normalized spacial score (nSPS) is 16.2. The van der Waals surface area contributed by atoms with Gasteiger partial charge in [0.25, 0.3) is 0 Å². The second kappa shape index (κ2) is 6.61. The molecule has 1 aliphatic rings. The van der Waals surface area contributed by atoms with E-state index in [-0.39, 0.29) is 11.9 Å². The molecule has 1 aliphatic carbocycles. The number of aryl methyl sites for hydroxylation is 2. The van der Waals surface area contributed by atoms with Gasteiger partial charge in [-0.2, -0.15) is 0 Å². The Hall–Kier alpha value is -1.35. The van der Waals surface area contributed by atoms with Crippen molar-refractivity contribution >= 4 is 5.91 Å². The Labute approximate surface area is 128 Å². The molecule has 116 valence electrons. The molecule has 0 spiro atoms. The number of rotatable bonds is 5. The number of nitrogens with two attached hydrogens (primary N) is 1. The molecule has 1 atom stereocenters. The van der Waals surface area contributed by atoms with Crippen LogP contribution in [0.15, 0.2) is 18.2 Å². The van der Waals surface area contributed by atoms with E-state index in [4.69, 9.17) is 5.73 Å². The Kier molecular flexibility index (Phi) is 5.04. The average molecular weight is 288 g/mol. The maximum atomic E-state index is 12.4. The van der Waals surface area contributed by atoms with Crippen molar-refractivity contribution in [1.82, 2.24) is 5.32 Å². The SMILES string of the molecule is CCC(N)(CC)C(=O)NC(C)c1ccc2c(c1)CCCC2. The zero-order valence-electron chi connectivity index (χ0n) is 13.5. The van der Waals surface area contributed by atoms with Crippen LogP contribution >= 0.6 is 0 Å². The highest BCUT2D eigenvalue weighted by Gasteiger charge is 2.30. The zero-order chi connectivity index (χ0) is 15.5. The smallest absolute Gasteiger partial charge is 0.240 e. The van der Waals surface area contributed by atoms with Crippen LogP contribution in [0, 0.1) is 0 Å². The molecule has 3 heteroatoms. The molecule has 0 aliphatic heterocycles. The van der Waals surface area contributed by atoms with Crippen LogP contribution in [-0.2, 0) is 17.6 Å². The predicted octanol–water partition coefficient (Wildman–Crippen LogP) is 3.26. The van der Waals surface area contributed by atoms with E-state index >= 15 is 0 Å². The third-order valence-corrected chi connectivity index (χ3v) is 4.93. The fourth-order valence-corrected chi connectivity index (χ4v) is 3.02. The van der Waals surface area contributed by atoms with Gasteiger partial charge in [0.1, 0.15) is 0 Å². The Bertz CT molecular complexity index is 506. The van der Waals surface area contributed by atoms with Crippen molar-refractivity contribution in [2.24, 2.45) is 5.73 Å². The van der Waals surface area contributed by atoms with Crippen LogP contribution in [-0.4, -0.2) is 11.4 Å². The van der Waals surface area contributed by atoms with E-state index in [0.717, 1.165) is 6.42 Å². The summed E-state index contributed by atoms with van der Waals surface area (Å²) in [5, 5.41) is 3.08. The quantitative estimate of drug-likeness (QED) is 0.873. The molecule has 3 N–H and O–H groups in total. The number of benzene rings is 1. The lowest BCUT2D eigenvalue weighted by atomic mass is 9.89. The van der Waals surface area contributed by atoms with Gasteiger partial charge in [-0.3, -0.25) is 4.79 Å². The molecule has 0 saturated heterocycles. The van der Waals surface area contributed by atoms with Crippen molar-refractivity contribution in [3.05, 3.63) is 34.9 Å². The summed E-state index contributed by atoms with van der Waals surface area (Å²) >= 11 is 0. The lowest BCUT2D eigenvalue weighted by molar-refractivity contribution is -0.127. The van der Waals surface area contributed by atoms with Gasteiger partial charge >= 0.3 is 0 Å². The van der Waals surface area contributed by atoms with Crippen LogP contribution in [0.3, 0.4) is 0 Å². The van der Waals surface area contributed by atoms with Crippen molar-refractivity contribution in [3.63, 3.8) is 0 Å². The molecule has 3 nitrogen and oxygen atoms in total.